The molecule has 3 amide bonds. The van der Waals surface area contributed by atoms with E-state index in [1.165, 1.54) is 0 Å². The van der Waals surface area contributed by atoms with Crippen molar-refractivity contribution in [3.63, 3.8) is 0 Å². The average molecular weight is 611 g/mol. The Bertz CT molecular complexity index is 1350. The molecule has 0 aromatic heterocycles. The first kappa shape index (κ1) is 31.7. The fraction of sp³-hybridized carbons (Fsp3) is 0.375. The standard InChI is InChI=1S/C24H24F6N4O6S/c25-23(26,27)15-9-16(24(28,29)30)11-17(10-15)41(39,40)34-8-4-7-19(34)20(35)33-18(21(36)37)13-32-22(38)31-12-14-5-2-1-3-6-14/h1-3,5-6,9-11,18-19H,4,7-8,12-13H2,(H,33,35)(H,36,37)(H2,31,32,38)/t18-,19-/m0/s1. The summed E-state index contributed by atoms with van der Waals surface area (Å²) in [6.07, 6.45) is -10.8. The average Bonchev–Trinajstić information content (AvgIpc) is 3.40. The van der Waals surface area contributed by atoms with E-state index in [0.717, 1.165) is 5.56 Å². The van der Waals surface area contributed by atoms with Crippen LogP contribution < -0.4 is 16.0 Å². The molecule has 0 aliphatic carbocycles. The van der Waals surface area contributed by atoms with Crippen LogP contribution in [-0.2, 0) is 38.5 Å². The van der Waals surface area contributed by atoms with Crippen LogP contribution in [0.4, 0.5) is 31.1 Å². The summed E-state index contributed by atoms with van der Waals surface area (Å²) in [6, 6.07) is 4.40. The zero-order valence-electron chi connectivity index (χ0n) is 20.9. The number of rotatable bonds is 9. The summed E-state index contributed by atoms with van der Waals surface area (Å²) in [5, 5.41) is 16.3. The number of sulfonamides is 1. The summed E-state index contributed by atoms with van der Waals surface area (Å²) in [4.78, 5) is 35.3. The predicted octanol–water partition coefficient (Wildman–Crippen LogP) is 2.95. The molecule has 1 aliphatic heterocycles. The van der Waals surface area contributed by atoms with E-state index >= 15 is 0 Å². The van der Waals surface area contributed by atoms with Gasteiger partial charge in [-0.15, -0.1) is 0 Å². The molecule has 1 fully saturated rings. The molecule has 3 rings (SSSR count). The van der Waals surface area contributed by atoms with Crippen LogP contribution in [0.3, 0.4) is 0 Å². The number of alkyl halides is 6. The van der Waals surface area contributed by atoms with Gasteiger partial charge in [-0.1, -0.05) is 30.3 Å². The number of amides is 3. The normalized spacial score (nSPS) is 17.1. The van der Waals surface area contributed by atoms with E-state index in [9.17, 15) is 54.3 Å². The highest BCUT2D eigenvalue weighted by atomic mass is 32.2. The summed E-state index contributed by atoms with van der Waals surface area (Å²) >= 11 is 0. The van der Waals surface area contributed by atoms with Gasteiger partial charge in [0, 0.05) is 13.1 Å². The topological polar surface area (TPSA) is 145 Å². The van der Waals surface area contributed by atoms with Gasteiger partial charge in [0.05, 0.1) is 22.6 Å². The van der Waals surface area contributed by atoms with Crippen molar-refractivity contribution in [2.24, 2.45) is 0 Å². The van der Waals surface area contributed by atoms with E-state index in [0.29, 0.717) is 4.31 Å². The number of urea groups is 1. The van der Waals surface area contributed by atoms with Crippen molar-refractivity contribution in [1.82, 2.24) is 20.3 Å². The van der Waals surface area contributed by atoms with E-state index in [1.54, 1.807) is 30.3 Å². The van der Waals surface area contributed by atoms with Crippen molar-refractivity contribution in [3.05, 3.63) is 65.2 Å². The van der Waals surface area contributed by atoms with E-state index in [2.05, 4.69) is 16.0 Å². The number of carbonyl (C=O) groups is 3. The number of hydrogen-bond donors (Lipinski definition) is 4. The maximum absolute atomic E-state index is 13.3. The van der Waals surface area contributed by atoms with Crippen LogP contribution in [0.25, 0.3) is 0 Å². The van der Waals surface area contributed by atoms with Crippen LogP contribution in [0.5, 0.6) is 0 Å². The largest absolute Gasteiger partial charge is 0.480 e. The number of carboxylic acids is 1. The zero-order valence-corrected chi connectivity index (χ0v) is 21.7. The molecular formula is C24H24F6N4O6S. The van der Waals surface area contributed by atoms with Crippen LogP contribution in [-0.4, -0.2) is 60.9 Å². The van der Waals surface area contributed by atoms with Gasteiger partial charge in [-0.05, 0) is 36.6 Å². The second-order valence-corrected chi connectivity index (χ2v) is 10.9. The molecule has 4 N–H and O–H groups in total. The van der Waals surface area contributed by atoms with Crippen LogP contribution in [0.1, 0.15) is 29.5 Å². The Balaban J connectivity index is 1.74. The van der Waals surface area contributed by atoms with Gasteiger partial charge in [0.1, 0.15) is 12.1 Å². The van der Waals surface area contributed by atoms with Gasteiger partial charge in [0.15, 0.2) is 0 Å². The lowest BCUT2D eigenvalue weighted by Crippen LogP contribution is -2.54. The number of halogens is 6. The molecule has 224 valence electrons. The quantitative estimate of drug-likeness (QED) is 0.322. The summed E-state index contributed by atoms with van der Waals surface area (Å²) in [7, 11) is -5.07. The Morgan fingerprint density at radius 2 is 1.54 bits per heavy atom. The molecule has 2 aromatic carbocycles. The van der Waals surface area contributed by atoms with Gasteiger partial charge < -0.3 is 21.1 Å². The van der Waals surface area contributed by atoms with Crippen LogP contribution in [0.2, 0.25) is 0 Å². The molecule has 2 atom stereocenters. The summed E-state index contributed by atoms with van der Waals surface area (Å²) in [5.74, 6) is -2.75. The number of benzene rings is 2. The highest BCUT2D eigenvalue weighted by Crippen LogP contribution is 2.38. The molecule has 0 bridgehead atoms. The third-order valence-electron chi connectivity index (χ3n) is 6.05. The number of carboxylic acid groups (broad SMARTS) is 1. The van der Waals surface area contributed by atoms with E-state index in [-0.39, 0.29) is 37.6 Å². The Hall–Kier alpha value is -3.86. The van der Waals surface area contributed by atoms with Crippen molar-refractivity contribution in [2.45, 2.75) is 48.7 Å². The van der Waals surface area contributed by atoms with E-state index in [1.807, 2.05) is 0 Å². The fourth-order valence-corrected chi connectivity index (χ4v) is 5.73. The van der Waals surface area contributed by atoms with Gasteiger partial charge in [-0.3, -0.25) is 4.79 Å². The minimum atomic E-state index is -5.30. The zero-order chi connectivity index (χ0) is 30.6. The van der Waals surface area contributed by atoms with Gasteiger partial charge in [0.2, 0.25) is 15.9 Å². The van der Waals surface area contributed by atoms with Crippen molar-refractivity contribution in [2.75, 3.05) is 13.1 Å². The SMILES string of the molecule is O=C(NCc1ccccc1)NC[C@H](NC(=O)[C@@H]1CCCN1S(=O)(=O)c1cc(C(F)(F)F)cc(C(F)(F)F)c1)C(=O)O. The molecular weight excluding hydrogens is 586 g/mol. The third-order valence-corrected chi connectivity index (χ3v) is 7.94. The first-order valence-corrected chi connectivity index (χ1v) is 13.3. The summed E-state index contributed by atoms with van der Waals surface area (Å²) < 4.78 is 106. The lowest BCUT2D eigenvalue weighted by molar-refractivity contribution is -0.143. The van der Waals surface area contributed by atoms with Gasteiger partial charge in [0.25, 0.3) is 0 Å². The Labute approximate surface area is 229 Å². The minimum Gasteiger partial charge on any atom is -0.480 e. The molecule has 17 heteroatoms. The summed E-state index contributed by atoms with van der Waals surface area (Å²) in [6.45, 7) is -0.934. The lowest BCUT2D eigenvalue weighted by atomic mass is 10.1. The Morgan fingerprint density at radius 1 is 0.951 bits per heavy atom. The maximum atomic E-state index is 13.3. The van der Waals surface area contributed by atoms with E-state index < -0.39 is 81.5 Å². The molecule has 41 heavy (non-hydrogen) atoms. The monoisotopic (exact) mass is 610 g/mol. The van der Waals surface area contributed by atoms with Gasteiger partial charge in [-0.2, -0.15) is 30.6 Å². The predicted molar refractivity (Wildman–Crippen MR) is 130 cm³/mol. The first-order valence-electron chi connectivity index (χ1n) is 11.9. The second kappa shape index (κ2) is 12.3. The highest BCUT2D eigenvalue weighted by molar-refractivity contribution is 7.89. The number of nitrogens with one attached hydrogen (secondary N) is 3. The smallest absolute Gasteiger partial charge is 0.416 e. The molecule has 1 saturated heterocycles. The molecule has 1 heterocycles. The molecule has 0 radical (unpaired) electrons. The van der Waals surface area contributed by atoms with Crippen LogP contribution in [0, 0.1) is 0 Å². The molecule has 10 nitrogen and oxygen atoms in total. The first-order chi connectivity index (χ1) is 19.0. The van der Waals surface area contributed by atoms with Gasteiger partial charge >= 0.3 is 24.4 Å². The van der Waals surface area contributed by atoms with Crippen molar-refractivity contribution in [1.29, 1.82) is 0 Å². The van der Waals surface area contributed by atoms with Crippen molar-refractivity contribution >= 4 is 27.9 Å². The van der Waals surface area contributed by atoms with Crippen LogP contribution >= 0.6 is 0 Å². The fourth-order valence-electron chi connectivity index (χ4n) is 4.00. The molecule has 2 aromatic rings. The lowest BCUT2D eigenvalue weighted by Gasteiger charge is -2.26. The molecule has 1 aliphatic rings. The number of carbonyl (C=O) groups excluding carboxylic acids is 2. The number of nitrogens with zero attached hydrogens (tertiary/aromatic N) is 1. The number of hydrogen-bond acceptors (Lipinski definition) is 5. The third kappa shape index (κ3) is 8.09. The molecule has 0 saturated carbocycles. The second-order valence-electron chi connectivity index (χ2n) is 8.96. The highest BCUT2D eigenvalue weighted by Gasteiger charge is 2.43. The number of aliphatic carboxylic acids is 1. The minimum absolute atomic E-state index is 0.0142. The molecule has 0 unspecified atom stereocenters. The van der Waals surface area contributed by atoms with Gasteiger partial charge in [-0.25, -0.2) is 18.0 Å². The maximum Gasteiger partial charge on any atom is 0.416 e. The molecule has 0 spiro atoms. The van der Waals surface area contributed by atoms with E-state index in [4.69, 9.17) is 0 Å². The van der Waals surface area contributed by atoms with Crippen molar-refractivity contribution in [3.8, 4) is 0 Å². The van der Waals surface area contributed by atoms with Crippen LogP contribution in [0.15, 0.2) is 53.4 Å². The summed E-state index contributed by atoms with van der Waals surface area (Å²) in [5.41, 5.74) is -2.96. The van der Waals surface area contributed by atoms with Crippen molar-refractivity contribution < 1.29 is 54.3 Å². The Kier molecular flexibility index (Phi) is 9.53. The Morgan fingerprint density at radius 3 is 2.07 bits per heavy atom.